The van der Waals surface area contributed by atoms with E-state index in [2.05, 4.69) is 5.32 Å². The first-order chi connectivity index (χ1) is 11.8. The Labute approximate surface area is 153 Å². The number of sulfonamides is 1. The van der Waals surface area contributed by atoms with Crippen molar-refractivity contribution in [2.45, 2.75) is 4.90 Å². The summed E-state index contributed by atoms with van der Waals surface area (Å²) < 4.78 is 23.4. The van der Waals surface area contributed by atoms with E-state index < -0.39 is 10.0 Å². The minimum absolute atomic E-state index is 0.0156. The smallest absolute Gasteiger partial charge is 0.248 e. The molecular weight excluding hydrogens is 380 g/mol. The fourth-order valence-corrected chi connectivity index (χ4v) is 4.12. The van der Waals surface area contributed by atoms with Crippen molar-refractivity contribution in [3.63, 3.8) is 0 Å². The molecule has 0 aliphatic carbocycles. The van der Waals surface area contributed by atoms with Crippen molar-refractivity contribution in [2.75, 3.05) is 5.32 Å². The second kappa shape index (κ2) is 6.97. The first-order valence-electron chi connectivity index (χ1n) is 7.13. The number of nitrogens with two attached hydrogens (primary N) is 1. The number of thiophene rings is 1. The maximum Gasteiger partial charge on any atom is 0.248 e. The Morgan fingerprint density at radius 2 is 1.80 bits per heavy atom. The predicted molar refractivity (Wildman–Crippen MR) is 102 cm³/mol. The van der Waals surface area contributed by atoms with Gasteiger partial charge in [0, 0.05) is 26.7 Å². The van der Waals surface area contributed by atoms with Crippen LogP contribution in [-0.2, 0) is 14.8 Å². The van der Waals surface area contributed by atoms with Gasteiger partial charge in [-0.1, -0.05) is 29.8 Å². The Morgan fingerprint density at radius 3 is 2.44 bits per heavy atom. The second-order valence-corrected chi connectivity index (χ2v) is 8.19. The Kier molecular flexibility index (Phi) is 4.91. The molecule has 3 rings (SSSR count). The molecule has 0 unspecified atom stereocenters. The highest BCUT2D eigenvalue weighted by atomic mass is 35.5. The van der Waals surface area contributed by atoms with Gasteiger partial charge in [-0.2, -0.15) is 0 Å². The van der Waals surface area contributed by atoms with Crippen LogP contribution < -0.4 is 10.5 Å². The molecule has 0 radical (unpaired) electrons. The quantitative estimate of drug-likeness (QED) is 0.661. The highest BCUT2D eigenvalue weighted by molar-refractivity contribution is 7.89. The number of rotatable bonds is 4. The molecule has 25 heavy (non-hydrogen) atoms. The van der Waals surface area contributed by atoms with Crippen molar-refractivity contribution in [3.8, 4) is 0 Å². The van der Waals surface area contributed by atoms with Gasteiger partial charge in [0.25, 0.3) is 0 Å². The monoisotopic (exact) mass is 392 g/mol. The van der Waals surface area contributed by atoms with Crippen LogP contribution in [0.3, 0.4) is 0 Å². The molecule has 5 nitrogen and oxygen atoms in total. The minimum Gasteiger partial charge on any atom is -0.323 e. The van der Waals surface area contributed by atoms with Gasteiger partial charge in [0.05, 0.1) is 9.92 Å². The summed E-state index contributed by atoms with van der Waals surface area (Å²) in [6.45, 7) is 0. The van der Waals surface area contributed by atoms with Crippen molar-refractivity contribution >= 4 is 60.7 Å². The maximum absolute atomic E-state index is 12.0. The van der Waals surface area contributed by atoms with E-state index in [9.17, 15) is 13.2 Å². The normalized spacial score (nSPS) is 11.9. The molecule has 1 aromatic heterocycles. The van der Waals surface area contributed by atoms with Crippen molar-refractivity contribution in [1.82, 2.24) is 0 Å². The standard InChI is InChI=1S/C17H13ClN2O3S2/c18-17-13-3-1-2-4-14(13)24-15(17)9-10-16(21)20-11-5-7-12(8-6-11)25(19,22)23/h1-10H,(H,20,21)(H2,19,22,23)/b10-9+. The summed E-state index contributed by atoms with van der Waals surface area (Å²) in [5.41, 5.74) is 0.462. The maximum atomic E-state index is 12.0. The lowest BCUT2D eigenvalue weighted by Crippen LogP contribution is -2.12. The van der Waals surface area contributed by atoms with Gasteiger partial charge >= 0.3 is 0 Å². The largest absolute Gasteiger partial charge is 0.323 e. The highest BCUT2D eigenvalue weighted by Crippen LogP contribution is 2.35. The molecule has 3 N–H and O–H groups in total. The molecule has 0 spiro atoms. The van der Waals surface area contributed by atoms with Crippen LogP contribution in [0.4, 0.5) is 5.69 Å². The third-order valence-corrected chi connectivity index (χ3v) is 5.98. The van der Waals surface area contributed by atoms with Gasteiger partial charge in [0.15, 0.2) is 0 Å². The van der Waals surface area contributed by atoms with E-state index in [0.29, 0.717) is 10.7 Å². The molecule has 128 valence electrons. The second-order valence-electron chi connectivity index (χ2n) is 5.17. The van der Waals surface area contributed by atoms with E-state index in [0.717, 1.165) is 15.0 Å². The molecule has 8 heteroatoms. The molecule has 0 aliphatic heterocycles. The van der Waals surface area contributed by atoms with Gasteiger partial charge in [0.1, 0.15) is 0 Å². The van der Waals surface area contributed by atoms with Crippen LogP contribution in [0.5, 0.6) is 0 Å². The number of anilines is 1. The first-order valence-corrected chi connectivity index (χ1v) is 9.87. The fraction of sp³-hybridized carbons (Fsp3) is 0. The average Bonchev–Trinajstić information content (AvgIpc) is 2.89. The van der Waals surface area contributed by atoms with E-state index in [4.69, 9.17) is 16.7 Å². The summed E-state index contributed by atoms with van der Waals surface area (Å²) in [4.78, 5) is 12.8. The lowest BCUT2D eigenvalue weighted by Gasteiger charge is -2.03. The lowest BCUT2D eigenvalue weighted by molar-refractivity contribution is -0.111. The van der Waals surface area contributed by atoms with Crippen LogP contribution in [0.2, 0.25) is 5.02 Å². The number of carbonyl (C=O) groups is 1. The van der Waals surface area contributed by atoms with E-state index in [1.807, 2.05) is 24.3 Å². The summed E-state index contributed by atoms with van der Waals surface area (Å²) in [6.07, 6.45) is 3.03. The number of benzene rings is 2. The number of hydrogen-bond acceptors (Lipinski definition) is 4. The van der Waals surface area contributed by atoms with Gasteiger partial charge in [-0.25, -0.2) is 13.6 Å². The van der Waals surface area contributed by atoms with Gasteiger partial charge in [-0.3, -0.25) is 4.79 Å². The molecule has 3 aromatic rings. The van der Waals surface area contributed by atoms with Crippen LogP contribution in [-0.4, -0.2) is 14.3 Å². The van der Waals surface area contributed by atoms with Gasteiger partial charge in [-0.05, 0) is 36.4 Å². The van der Waals surface area contributed by atoms with E-state index >= 15 is 0 Å². The van der Waals surface area contributed by atoms with Crippen LogP contribution in [0.25, 0.3) is 16.2 Å². The third-order valence-electron chi connectivity index (χ3n) is 3.40. The summed E-state index contributed by atoms with van der Waals surface area (Å²) in [5, 5.41) is 9.24. The molecule has 1 heterocycles. The van der Waals surface area contributed by atoms with E-state index in [1.165, 1.54) is 41.7 Å². The van der Waals surface area contributed by atoms with Crippen molar-refractivity contribution in [3.05, 3.63) is 64.5 Å². The molecule has 0 bridgehead atoms. The Balaban J connectivity index is 1.73. The zero-order valence-corrected chi connectivity index (χ0v) is 15.2. The van der Waals surface area contributed by atoms with Crippen LogP contribution in [0.1, 0.15) is 4.88 Å². The van der Waals surface area contributed by atoms with Gasteiger partial charge in [-0.15, -0.1) is 11.3 Å². The fourth-order valence-electron chi connectivity index (χ4n) is 2.20. The number of primary sulfonamides is 1. The lowest BCUT2D eigenvalue weighted by atomic mass is 10.2. The minimum atomic E-state index is -3.75. The average molecular weight is 393 g/mol. The Hall–Kier alpha value is -2.19. The Morgan fingerprint density at radius 1 is 1.12 bits per heavy atom. The molecule has 0 aliphatic rings. The number of nitrogens with one attached hydrogen (secondary N) is 1. The number of fused-ring (bicyclic) bond motifs is 1. The molecule has 0 saturated heterocycles. The number of amides is 1. The summed E-state index contributed by atoms with van der Waals surface area (Å²) >= 11 is 7.82. The highest BCUT2D eigenvalue weighted by Gasteiger charge is 2.09. The number of carbonyl (C=O) groups excluding carboxylic acids is 1. The molecular formula is C17H13ClN2O3S2. The Bertz CT molecular complexity index is 1070. The third kappa shape index (κ3) is 4.08. The predicted octanol–water partition coefficient (Wildman–Crippen LogP) is 3.85. The molecule has 0 saturated carbocycles. The van der Waals surface area contributed by atoms with Crippen LogP contribution in [0, 0.1) is 0 Å². The van der Waals surface area contributed by atoms with Crippen molar-refractivity contribution < 1.29 is 13.2 Å². The van der Waals surface area contributed by atoms with Crippen LogP contribution >= 0.6 is 22.9 Å². The van der Waals surface area contributed by atoms with Crippen LogP contribution in [0.15, 0.2) is 59.5 Å². The number of hydrogen-bond donors (Lipinski definition) is 2. The topological polar surface area (TPSA) is 89.3 Å². The first kappa shape index (κ1) is 17.6. The zero-order chi connectivity index (χ0) is 18.0. The summed E-state index contributed by atoms with van der Waals surface area (Å²) in [6, 6.07) is 13.3. The van der Waals surface area contributed by atoms with E-state index in [-0.39, 0.29) is 10.8 Å². The molecule has 0 atom stereocenters. The zero-order valence-electron chi connectivity index (χ0n) is 12.8. The summed E-state index contributed by atoms with van der Waals surface area (Å²) in [5.74, 6) is -0.350. The summed E-state index contributed by atoms with van der Waals surface area (Å²) in [7, 11) is -3.75. The van der Waals surface area contributed by atoms with Gasteiger partial charge in [0.2, 0.25) is 15.9 Å². The van der Waals surface area contributed by atoms with Crippen molar-refractivity contribution in [1.29, 1.82) is 0 Å². The molecule has 2 aromatic carbocycles. The van der Waals surface area contributed by atoms with E-state index in [1.54, 1.807) is 6.08 Å². The SMILES string of the molecule is NS(=O)(=O)c1ccc(NC(=O)/C=C/c2sc3ccccc3c2Cl)cc1. The molecule has 1 amide bonds. The van der Waals surface area contributed by atoms with Crippen molar-refractivity contribution in [2.24, 2.45) is 5.14 Å². The molecule has 0 fully saturated rings. The van der Waals surface area contributed by atoms with Gasteiger partial charge < -0.3 is 5.32 Å². The number of halogens is 1.